The number of phenols is 1. The Balaban J connectivity index is 0.000000347. The zero-order valence-corrected chi connectivity index (χ0v) is 33.1. The van der Waals surface area contributed by atoms with Crippen molar-refractivity contribution in [2.75, 3.05) is 0 Å². The number of hydrogen-bond acceptors (Lipinski definition) is 9. The molecule has 0 atom stereocenters. The van der Waals surface area contributed by atoms with E-state index in [1.807, 2.05) is 42.5 Å². The molecule has 51 heavy (non-hydrogen) atoms. The van der Waals surface area contributed by atoms with Crippen molar-refractivity contribution in [2.24, 2.45) is 0 Å². The molecular weight excluding hydrogens is 721 g/mol. The van der Waals surface area contributed by atoms with Crippen LogP contribution in [0.3, 0.4) is 0 Å². The second-order valence-corrected chi connectivity index (χ2v) is 14.7. The zero-order valence-electron chi connectivity index (χ0n) is 29.3. The maximum Gasteiger partial charge on any atom is 2.00 e. The summed E-state index contributed by atoms with van der Waals surface area (Å²) in [6, 6.07) is 22.2. The first-order valence-corrected chi connectivity index (χ1v) is 19.8. The summed E-state index contributed by atoms with van der Waals surface area (Å²) in [6.45, 7) is 4.36. The molecule has 4 rings (SSSR count). The van der Waals surface area contributed by atoms with Crippen LogP contribution in [0.15, 0.2) is 94.7 Å². The predicted octanol–water partition coefficient (Wildman–Crippen LogP) is 8.53. The quantitative estimate of drug-likeness (QED) is 0.0568. The number of phenolic OH excluding ortho intramolecular Hbond substituents is 1. The summed E-state index contributed by atoms with van der Waals surface area (Å²) in [5, 5.41) is 21.1. The van der Waals surface area contributed by atoms with Gasteiger partial charge in [0.2, 0.25) is 0 Å². The van der Waals surface area contributed by atoms with Crippen molar-refractivity contribution in [3.8, 4) is 34.5 Å². The van der Waals surface area contributed by atoms with Gasteiger partial charge >= 0.3 is 37.7 Å². The van der Waals surface area contributed by atoms with Gasteiger partial charge in [-0.15, -0.1) is 0 Å². The van der Waals surface area contributed by atoms with E-state index in [1.165, 1.54) is 56.7 Å². The summed E-state index contributed by atoms with van der Waals surface area (Å²) >= 11 is 0. The number of para-hydroxylation sites is 2. The van der Waals surface area contributed by atoms with Crippen LogP contribution in [0.25, 0.3) is 0 Å². The third kappa shape index (κ3) is 15.3. The molecule has 13 heteroatoms. The summed E-state index contributed by atoms with van der Waals surface area (Å²) in [5.41, 5.74) is 2.05. The van der Waals surface area contributed by atoms with E-state index in [2.05, 4.69) is 13.8 Å². The van der Waals surface area contributed by atoms with Gasteiger partial charge in [0.25, 0.3) is 10.1 Å². The first-order chi connectivity index (χ1) is 23.8. The molecule has 0 aliphatic carbocycles. The van der Waals surface area contributed by atoms with E-state index in [-0.39, 0.29) is 49.2 Å². The van der Waals surface area contributed by atoms with Crippen LogP contribution in [-0.4, -0.2) is 68.8 Å². The molecule has 0 aliphatic heterocycles. The van der Waals surface area contributed by atoms with Crippen LogP contribution in [0.5, 0.6) is 34.5 Å². The van der Waals surface area contributed by atoms with Crippen molar-refractivity contribution >= 4 is 58.0 Å². The van der Waals surface area contributed by atoms with E-state index < -0.39 is 41.5 Å². The van der Waals surface area contributed by atoms with E-state index in [0.717, 1.165) is 67.9 Å². The van der Waals surface area contributed by atoms with Crippen molar-refractivity contribution in [3.05, 3.63) is 96.1 Å². The number of hydrogen-bond donors (Lipinski definition) is 2. The van der Waals surface area contributed by atoms with Gasteiger partial charge in [0.1, 0.15) is 43.8 Å². The van der Waals surface area contributed by atoms with Crippen LogP contribution >= 0.6 is 0 Å². The first-order valence-electron chi connectivity index (χ1n) is 16.9. The fourth-order valence-corrected chi connectivity index (χ4v) is 6.40. The van der Waals surface area contributed by atoms with E-state index in [4.69, 9.17) is 14.0 Å². The Kier molecular flexibility index (Phi) is 19.4. The summed E-state index contributed by atoms with van der Waals surface area (Å²) in [4.78, 5) is -1.36. The Morgan fingerprint density at radius 3 is 1.49 bits per heavy atom. The molecule has 0 spiro atoms. The molecule has 4 aromatic carbocycles. The number of benzene rings is 4. The number of ether oxygens (including phenoxy) is 2. The van der Waals surface area contributed by atoms with Crippen molar-refractivity contribution < 1.29 is 45.6 Å². The average molecular weight is 767 g/mol. The maximum absolute atomic E-state index is 11.5. The van der Waals surface area contributed by atoms with E-state index in [1.54, 1.807) is 6.07 Å². The number of aromatic hydroxyl groups is 1. The van der Waals surface area contributed by atoms with Gasteiger partial charge in [-0.3, -0.25) is 4.55 Å². The normalized spacial score (nSPS) is 11.2. The van der Waals surface area contributed by atoms with Crippen LogP contribution in [-0.2, 0) is 33.1 Å². The molecule has 0 bridgehead atoms. The SMILES string of the molecule is CCCCCCCc1ccccc1Oc1ccc(O)c(S(=O)(=O)O)c1.CCCCCCCc1ccccc1Oc1ccc([O-])c(S(=O)(=O)[O-])c1.[Ca+2]. The van der Waals surface area contributed by atoms with E-state index in [9.17, 15) is 31.6 Å². The van der Waals surface area contributed by atoms with Crippen LogP contribution in [0, 0.1) is 0 Å². The Labute approximate surface area is 332 Å². The summed E-state index contributed by atoms with van der Waals surface area (Å²) in [6.07, 6.45) is 13.4. The minimum Gasteiger partial charge on any atom is -0.872 e. The molecule has 4 aromatic rings. The van der Waals surface area contributed by atoms with Gasteiger partial charge in [0.15, 0.2) is 0 Å². The van der Waals surface area contributed by atoms with Gasteiger partial charge in [-0.1, -0.05) is 113 Å². The third-order valence-corrected chi connectivity index (χ3v) is 9.63. The Morgan fingerprint density at radius 1 is 0.608 bits per heavy atom. The standard InChI is InChI=1S/2C19H24O5S.Ca/c2*1-2-3-4-5-6-9-15-10-7-8-11-18(15)24-16-12-13-17(20)19(14-16)25(21,22)23;/h2*7-8,10-14,20H,2-6,9H2,1H3,(H,21,22,23);/q;;+2/p-2. The third-order valence-electron chi connectivity index (χ3n) is 7.89. The molecule has 0 unspecified atom stereocenters. The van der Waals surface area contributed by atoms with E-state index >= 15 is 0 Å². The summed E-state index contributed by atoms with van der Waals surface area (Å²) in [7, 11) is -9.34. The molecule has 0 aliphatic rings. The van der Waals surface area contributed by atoms with Crippen LogP contribution in [0.4, 0.5) is 0 Å². The van der Waals surface area contributed by atoms with Gasteiger partial charge in [-0.25, -0.2) is 8.42 Å². The second kappa shape index (κ2) is 22.3. The molecule has 0 fully saturated rings. The average Bonchev–Trinajstić information content (AvgIpc) is 3.07. The van der Waals surface area contributed by atoms with Crippen LogP contribution in [0.1, 0.15) is 89.2 Å². The Bertz CT molecular complexity index is 1740. The van der Waals surface area contributed by atoms with Crippen molar-refractivity contribution in [3.63, 3.8) is 0 Å². The van der Waals surface area contributed by atoms with Crippen molar-refractivity contribution in [2.45, 2.75) is 101 Å². The van der Waals surface area contributed by atoms with Gasteiger partial charge in [0, 0.05) is 6.07 Å². The molecule has 0 saturated carbocycles. The number of aryl methyl sites for hydroxylation is 2. The number of rotatable bonds is 18. The Morgan fingerprint density at radius 2 is 1.04 bits per heavy atom. The number of unbranched alkanes of at least 4 members (excludes halogenated alkanes) is 8. The van der Waals surface area contributed by atoms with Crippen molar-refractivity contribution in [1.29, 1.82) is 0 Å². The molecule has 0 radical (unpaired) electrons. The van der Waals surface area contributed by atoms with Crippen LogP contribution < -0.4 is 14.6 Å². The largest absolute Gasteiger partial charge is 2.00 e. The minimum absolute atomic E-state index is 0. The van der Waals surface area contributed by atoms with Gasteiger partial charge in [-0.2, -0.15) is 8.42 Å². The maximum atomic E-state index is 11.5. The fourth-order valence-electron chi connectivity index (χ4n) is 5.22. The molecule has 272 valence electrons. The Hall–Kier alpha value is -2.84. The van der Waals surface area contributed by atoms with Gasteiger partial charge < -0.3 is 24.2 Å². The zero-order chi connectivity index (χ0) is 36.6. The molecule has 0 amide bonds. The second-order valence-electron chi connectivity index (χ2n) is 11.9. The van der Waals surface area contributed by atoms with Crippen molar-refractivity contribution in [1.82, 2.24) is 0 Å². The molecule has 0 aromatic heterocycles. The monoisotopic (exact) mass is 766 g/mol. The van der Waals surface area contributed by atoms with Gasteiger partial charge in [0.05, 0.1) is 4.90 Å². The fraction of sp³-hybridized carbons (Fsp3) is 0.368. The summed E-state index contributed by atoms with van der Waals surface area (Å²) in [5.74, 6) is 0.304. The molecular formula is C38H46CaO10S2. The molecule has 2 N–H and O–H groups in total. The predicted molar refractivity (Wildman–Crippen MR) is 195 cm³/mol. The molecule has 10 nitrogen and oxygen atoms in total. The summed E-state index contributed by atoms with van der Waals surface area (Å²) < 4.78 is 76.7. The van der Waals surface area contributed by atoms with Crippen LogP contribution in [0.2, 0.25) is 0 Å². The van der Waals surface area contributed by atoms with E-state index in [0.29, 0.717) is 11.5 Å². The molecule has 0 saturated heterocycles. The minimum atomic E-state index is -4.82. The first kappa shape index (κ1) is 44.3. The van der Waals surface area contributed by atoms with Gasteiger partial charge in [-0.05, 0) is 73.2 Å². The molecule has 0 heterocycles. The topological polar surface area (TPSA) is 173 Å². The smallest absolute Gasteiger partial charge is 0.872 e.